The fourth-order valence-corrected chi connectivity index (χ4v) is 6.15. The molecule has 0 aromatic heterocycles. The maximum absolute atomic E-state index is 11.3. The first-order chi connectivity index (χ1) is 10.4. The zero-order valence-corrected chi connectivity index (χ0v) is 14.4. The van der Waals surface area contributed by atoms with Crippen LogP contribution >= 0.6 is 36.2 Å². The summed E-state index contributed by atoms with van der Waals surface area (Å²) in [6.07, 6.45) is 0. The third kappa shape index (κ3) is 2.73. The minimum atomic E-state index is -0.815. The molecule has 1 aromatic rings. The number of rotatable bonds is 3. The number of hydrogen-bond donors (Lipinski definition) is 3. The number of benzene rings is 1. The van der Waals surface area contributed by atoms with Gasteiger partial charge in [-0.3, -0.25) is 14.7 Å². The molecule has 0 spiro atoms. The number of nitrogens with zero attached hydrogens (tertiary/aromatic N) is 2. The molecule has 0 bridgehead atoms. The molecule has 3 atom stereocenters. The molecule has 0 radical (unpaired) electrons. The third-order valence-electron chi connectivity index (χ3n) is 3.80. The Labute approximate surface area is 142 Å². The van der Waals surface area contributed by atoms with Gasteiger partial charge in [0.25, 0.3) is 0 Å². The van der Waals surface area contributed by atoms with Gasteiger partial charge >= 0.3 is 5.97 Å². The van der Waals surface area contributed by atoms with Crippen molar-refractivity contribution < 1.29 is 15.0 Å². The van der Waals surface area contributed by atoms with Gasteiger partial charge in [-0.25, -0.2) is 0 Å². The molecule has 3 rings (SSSR count). The average Bonchev–Trinajstić information content (AvgIpc) is 3.04. The molecule has 2 aliphatic heterocycles. The van der Waals surface area contributed by atoms with Crippen molar-refractivity contribution in [3.8, 4) is 5.75 Å². The second-order valence-corrected chi connectivity index (χ2v) is 8.16. The fourth-order valence-electron chi connectivity index (χ4n) is 2.62. The largest absolute Gasteiger partial charge is 0.507 e. The predicted molar refractivity (Wildman–Crippen MR) is 94.3 cm³/mol. The van der Waals surface area contributed by atoms with Gasteiger partial charge in [-0.2, -0.15) is 0 Å². The molecular weight excluding hydrogens is 340 g/mol. The molecule has 5 nitrogen and oxygen atoms in total. The zero-order chi connectivity index (χ0) is 15.9. The van der Waals surface area contributed by atoms with E-state index >= 15 is 0 Å². The molecule has 0 amide bonds. The second-order valence-electron chi connectivity index (χ2n) is 5.31. The van der Waals surface area contributed by atoms with Crippen LogP contribution in [0.5, 0.6) is 5.75 Å². The molecule has 0 saturated carbocycles. The number of carboxylic acids is 1. The molecule has 22 heavy (non-hydrogen) atoms. The number of thioether (sulfide) groups is 2. The third-order valence-corrected chi connectivity index (χ3v) is 7.41. The van der Waals surface area contributed by atoms with Crippen molar-refractivity contribution >= 4 is 47.2 Å². The van der Waals surface area contributed by atoms with Gasteiger partial charge < -0.3 is 10.2 Å². The minimum absolute atomic E-state index is 0.104. The highest BCUT2D eigenvalue weighted by Crippen LogP contribution is 2.46. The lowest BCUT2D eigenvalue weighted by atomic mass is 10.2. The highest BCUT2D eigenvalue weighted by Gasteiger charge is 2.49. The van der Waals surface area contributed by atoms with Crippen molar-refractivity contribution in [2.24, 2.45) is 4.99 Å². The Kier molecular flexibility index (Phi) is 4.37. The number of likely N-dealkylation sites (N-methyl/N-ethyl adjacent to an activating group) is 1. The van der Waals surface area contributed by atoms with E-state index < -0.39 is 16.9 Å². The summed E-state index contributed by atoms with van der Waals surface area (Å²) in [7, 11) is 1.81. The van der Waals surface area contributed by atoms with Crippen LogP contribution in [0.4, 0.5) is 0 Å². The summed E-state index contributed by atoms with van der Waals surface area (Å²) in [6, 6.07) is 6.58. The summed E-state index contributed by atoms with van der Waals surface area (Å²) < 4.78 is 0. The fraction of sp³-hybridized carbons (Fsp3) is 0.429. The van der Waals surface area contributed by atoms with E-state index in [2.05, 4.69) is 0 Å². The lowest BCUT2D eigenvalue weighted by Gasteiger charge is -2.32. The molecule has 2 unspecified atom stereocenters. The molecule has 118 valence electrons. The average molecular weight is 356 g/mol. The molecule has 1 fully saturated rings. The first kappa shape index (κ1) is 16.0. The Morgan fingerprint density at radius 3 is 2.86 bits per heavy atom. The Morgan fingerprint density at radius 1 is 1.50 bits per heavy atom. The lowest BCUT2D eigenvalue weighted by molar-refractivity contribution is -0.141. The molecule has 2 heterocycles. The number of para-hydroxylation sites is 1. The van der Waals surface area contributed by atoms with Gasteiger partial charge in [0.05, 0.1) is 5.37 Å². The van der Waals surface area contributed by atoms with E-state index in [9.17, 15) is 15.0 Å². The summed E-state index contributed by atoms with van der Waals surface area (Å²) >= 11 is 7.85. The molecule has 2 aliphatic rings. The zero-order valence-electron chi connectivity index (χ0n) is 11.8. The number of phenolic OH excluding ortho intramolecular Hbond substituents is 1. The molecule has 2 N–H and O–H groups in total. The van der Waals surface area contributed by atoms with Crippen molar-refractivity contribution in [3.63, 3.8) is 0 Å². The summed E-state index contributed by atoms with van der Waals surface area (Å²) in [6.45, 7) is 0. The van der Waals surface area contributed by atoms with Gasteiger partial charge in [-0.15, -0.1) is 36.2 Å². The van der Waals surface area contributed by atoms with Crippen LogP contribution in [-0.2, 0) is 4.79 Å². The molecular formula is C14H16N2O3S3. The van der Waals surface area contributed by atoms with Crippen LogP contribution in [0.15, 0.2) is 29.3 Å². The number of carboxylic acid groups (broad SMARTS) is 1. The van der Waals surface area contributed by atoms with Crippen molar-refractivity contribution in [2.75, 3.05) is 18.6 Å². The number of thiol groups is 1. The number of phenols is 1. The Bertz CT molecular complexity index is 640. The molecule has 8 heteroatoms. The quantitative estimate of drug-likeness (QED) is 0.719. The highest BCUT2D eigenvalue weighted by molar-refractivity contribution is 8.15. The lowest BCUT2D eigenvalue weighted by Crippen LogP contribution is -2.47. The van der Waals surface area contributed by atoms with E-state index in [0.29, 0.717) is 17.1 Å². The normalized spacial score (nSPS) is 32.2. The van der Waals surface area contributed by atoms with Crippen LogP contribution in [0.3, 0.4) is 0 Å². The number of hydrogen-bond acceptors (Lipinski definition) is 7. The van der Waals surface area contributed by atoms with Gasteiger partial charge in [0.2, 0.25) is 0 Å². The number of aromatic hydroxyl groups is 1. The van der Waals surface area contributed by atoms with Gasteiger partial charge in [-0.05, 0) is 19.2 Å². The van der Waals surface area contributed by atoms with E-state index in [4.69, 9.17) is 17.6 Å². The van der Waals surface area contributed by atoms with Gasteiger partial charge in [0.15, 0.2) is 0 Å². The van der Waals surface area contributed by atoms with Crippen molar-refractivity contribution in [2.45, 2.75) is 16.3 Å². The van der Waals surface area contributed by atoms with Crippen molar-refractivity contribution in [3.05, 3.63) is 29.8 Å². The summed E-state index contributed by atoms with van der Waals surface area (Å²) in [5, 5.41) is 19.8. The van der Waals surface area contributed by atoms with Crippen LogP contribution in [0.1, 0.15) is 5.56 Å². The van der Waals surface area contributed by atoms with Gasteiger partial charge in [0.1, 0.15) is 21.7 Å². The Hall–Kier alpha value is -0.830. The number of aliphatic imine (C=N–C) groups is 1. The summed E-state index contributed by atoms with van der Waals surface area (Å²) in [5.41, 5.74) is 0.698. The van der Waals surface area contributed by atoms with Crippen LogP contribution in [0, 0.1) is 0 Å². The monoisotopic (exact) mass is 356 g/mol. The number of aliphatic carboxylic acids is 1. The first-order valence-corrected chi connectivity index (χ1v) is 9.20. The van der Waals surface area contributed by atoms with Crippen molar-refractivity contribution in [1.82, 2.24) is 4.90 Å². The van der Waals surface area contributed by atoms with Crippen molar-refractivity contribution in [1.29, 1.82) is 0 Å². The van der Waals surface area contributed by atoms with E-state index in [-0.39, 0.29) is 11.1 Å². The summed E-state index contributed by atoms with van der Waals surface area (Å²) in [4.78, 5) is 17.1. The second kappa shape index (κ2) is 5.99. The first-order valence-electron chi connectivity index (χ1n) is 6.72. The number of carbonyl (C=O) groups is 1. The van der Waals surface area contributed by atoms with E-state index in [1.807, 2.05) is 17.0 Å². The summed E-state index contributed by atoms with van der Waals surface area (Å²) in [5.74, 6) is 0.561. The van der Waals surface area contributed by atoms with E-state index in [0.717, 1.165) is 5.04 Å². The van der Waals surface area contributed by atoms with E-state index in [1.54, 1.807) is 42.7 Å². The van der Waals surface area contributed by atoms with Crippen LogP contribution in [0.2, 0.25) is 0 Å². The maximum Gasteiger partial charge on any atom is 0.321 e. The van der Waals surface area contributed by atoms with E-state index in [1.165, 1.54) is 0 Å². The van der Waals surface area contributed by atoms with Gasteiger partial charge in [0, 0.05) is 17.1 Å². The van der Waals surface area contributed by atoms with Crippen LogP contribution in [-0.4, -0.2) is 61.0 Å². The maximum atomic E-state index is 11.3. The topological polar surface area (TPSA) is 73.1 Å². The highest BCUT2D eigenvalue weighted by atomic mass is 32.2. The van der Waals surface area contributed by atoms with Crippen LogP contribution in [0.25, 0.3) is 0 Å². The standard InChI is InChI=1S/C14H16N2O3S3/c1-16-9(12(18)19)6-21-13(16)14(20)7-22-11(15-14)8-4-2-3-5-10(8)17/h2-5,9,13,17,20H,6-7H2,1H3,(H,18,19)/t9-,13?,14?/m1/s1. The molecule has 0 aliphatic carbocycles. The molecule has 1 aromatic carbocycles. The predicted octanol–water partition coefficient (Wildman–Crippen LogP) is 1.97. The SMILES string of the molecule is CN1C(C2(S)CSC(c3ccccc3O)=N2)SC[C@@H]1C(=O)O. The minimum Gasteiger partial charge on any atom is -0.507 e. The Balaban J connectivity index is 1.87. The molecule has 1 saturated heterocycles. The van der Waals surface area contributed by atoms with Crippen LogP contribution < -0.4 is 0 Å². The smallest absolute Gasteiger partial charge is 0.321 e. The van der Waals surface area contributed by atoms with Gasteiger partial charge in [-0.1, -0.05) is 12.1 Å². The Morgan fingerprint density at radius 2 is 2.23 bits per heavy atom.